The molecule has 3 unspecified atom stereocenters. The van der Waals surface area contributed by atoms with Crippen molar-refractivity contribution in [1.82, 2.24) is 62.7 Å². The fraction of sp³-hybridized carbons (Fsp3) is 0.580. The number of carbonyl (C=O) groups excluding carboxylic acids is 1. The van der Waals surface area contributed by atoms with Gasteiger partial charge in [0.1, 0.15) is 103 Å². The number of aliphatic hydroxyl groups excluding tert-OH is 12. The van der Waals surface area contributed by atoms with Crippen molar-refractivity contribution in [3.63, 3.8) is 0 Å². The minimum atomic E-state index is -3.71. The molecular formula is C50H68ClF2N19O21. The summed E-state index contributed by atoms with van der Waals surface area (Å²) in [6, 6.07) is 2.53. The Labute approximate surface area is 525 Å². The van der Waals surface area contributed by atoms with Crippen molar-refractivity contribution in [3.8, 4) is 0 Å². The van der Waals surface area contributed by atoms with Gasteiger partial charge in [0.2, 0.25) is 23.4 Å². The minimum Gasteiger partial charge on any atom is -0.394 e. The molecule has 6 aliphatic rings. The lowest BCUT2D eigenvalue weighted by atomic mass is 10.1. The third-order valence-electron chi connectivity index (χ3n) is 14.8. The second kappa shape index (κ2) is 30.9. The van der Waals surface area contributed by atoms with Gasteiger partial charge in [-0.05, 0) is 23.7 Å². The van der Waals surface area contributed by atoms with Crippen LogP contribution in [0.25, 0.3) is 11.2 Å². The van der Waals surface area contributed by atoms with Gasteiger partial charge in [0.05, 0.1) is 76.9 Å². The zero-order chi connectivity index (χ0) is 67.7. The summed E-state index contributed by atoms with van der Waals surface area (Å²) in [6.07, 6.45) is -7.72. The summed E-state index contributed by atoms with van der Waals surface area (Å²) in [5.41, 5.74) is 15.2. The molecule has 40 nitrogen and oxygen atoms in total. The number of aliphatic imine (C=N–C) groups is 1. The predicted octanol–water partition coefficient (Wildman–Crippen LogP) is -6.51. The number of hydrogen-bond acceptors (Lipinski definition) is 34. The summed E-state index contributed by atoms with van der Waals surface area (Å²) in [5.74, 6) is -3.34. The smallest absolute Gasteiger partial charge is 0.354 e. The number of carbonyl (C=O) groups is 1. The van der Waals surface area contributed by atoms with E-state index in [9.17, 15) is 63.7 Å². The number of imidazole rings is 2. The van der Waals surface area contributed by atoms with Crippen molar-refractivity contribution in [1.29, 1.82) is 0 Å². The molecular weight excluding hydrogens is 1280 g/mol. The third kappa shape index (κ3) is 16.0. The molecule has 0 radical (unpaired) electrons. The van der Waals surface area contributed by atoms with Crippen LogP contribution in [0.15, 0.2) is 62.9 Å². The first kappa shape index (κ1) is 71.0. The van der Waals surface area contributed by atoms with Crippen LogP contribution in [0.5, 0.6) is 0 Å². The Balaban J connectivity index is 0.000000150. The number of hydrogen-bond donors (Lipinski definition) is 17. The van der Waals surface area contributed by atoms with E-state index in [-0.39, 0.29) is 73.8 Å². The molecule has 17 atom stereocenters. The van der Waals surface area contributed by atoms with Crippen LogP contribution in [0.2, 0.25) is 5.28 Å². The molecule has 20 N–H and O–H groups in total. The molecule has 6 aromatic rings. The van der Waals surface area contributed by atoms with Crippen LogP contribution in [-0.4, -0.2) is 249 Å². The van der Waals surface area contributed by atoms with E-state index in [1.807, 2.05) is 0 Å². The second-order valence-corrected chi connectivity index (χ2v) is 21.3. The van der Waals surface area contributed by atoms with E-state index in [1.54, 1.807) is 22.4 Å². The highest BCUT2D eigenvalue weighted by molar-refractivity contribution is 6.28. The number of alkyl halides is 2. The van der Waals surface area contributed by atoms with E-state index >= 15 is 0 Å². The Morgan fingerprint density at radius 3 is 1.74 bits per heavy atom. The van der Waals surface area contributed by atoms with Crippen molar-refractivity contribution in [2.75, 3.05) is 67.4 Å². The number of nitrogen functional groups attached to an aromatic ring is 3. The summed E-state index contributed by atoms with van der Waals surface area (Å²) in [7, 11) is 0. The van der Waals surface area contributed by atoms with Gasteiger partial charge >= 0.3 is 23.0 Å². The number of nitrogens with two attached hydrogens (primary N) is 3. The van der Waals surface area contributed by atoms with E-state index < -0.39 is 141 Å². The summed E-state index contributed by atoms with van der Waals surface area (Å²) in [5, 5.41) is 118. The van der Waals surface area contributed by atoms with Crippen LogP contribution in [0.1, 0.15) is 75.5 Å². The normalized spacial score (nSPS) is 29.9. The monoisotopic (exact) mass is 1340 g/mol. The van der Waals surface area contributed by atoms with Crippen molar-refractivity contribution in [2.45, 2.75) is 143 Å². The number of nitrogens with zero attached hydrogens (tertiary/aromatic N) is 14. The molecule has 1 amide bonds. The molecule has 93 heavy (non-hydrogen) atoms. The van der Waals surface area contributed by atoms with Gasteiger partial charge < -0.3 is 113 Å². The quantitative estimate of drug-likeness (QED) is 0.0507. The van der Waals surface area contributed by atoms with E-state index in [0.717, 1.165) is 21.4 Å². The number of halogens is 3. The SMILES string of the molecule is CCC(=O)Nc1ccn([C@@H]2O[C@H](CO)[C@@H](O)[C@@H]2O)c(=O)n1.Nc1ccn(C2OC(CO)C(O)C2(F)F)c(=O)n1.Nc1nc(Cl)nc2c1ncn2[C@H]1C[C@H](O)[C@@H](CO)O1.Nc1ncn([C@H]2C[C@H](O)[C@@H](CO)O2)c(=O)n1.OC[C@H]1O[C@@H](n2cnc3c2NC=NC[C@H]3O)C[C@@H]1O. The first-order valence-corrected chi connectivity index (χ1v) is 28.5. The number of anilines is 5. The van der Waals surface area contributed by atoms with E-state index in [4.69, 9.17) is 78.0 Å². The Bertz CT molecular complexity index is 3720. The van der Waals surface area contributed by atoms with Crippen molar-refractivity contribution >= 4 is 64.2 Å². The molecule has 5 fully saturated rings. The molecule has 5 saturated heterocycles. The van der Waals surface area contributed by atoms with Crippen molar-refractivity contribution < 1.29 is 98.5 Å². The minimum absolute atomic E-state index is 0.0176. The molecule has 0 aliphatic carbocycles. The van der Waals surface area contributed by atoms with Gasteiger partial charge in [0.25, 0.3) is 0 Å². The molecule has 0 saturated carbocycles. The van der Waals surface area contributed by atoms with E-state index in [1.165, 1.54) is 31.3 Å². The van der Waals surface area contributed by atoms with Gasteiger partial charge in [-0.3, -0.25) is 32.6 Å². The number of fused-ring (bicyclic) bond motifs is 2. The second-order valence-electron chi connectivity index (χ2n) is 21.0. The van der Waals surface area contributed by atoms with Gasteiger partial charge in [-0.25, -0.2) is 29.3 Å². The molecule has 510 valence electrons. The summed E-state index contributed by atoms with van der Waals surface area (Å²) in [4.78, 5) is 80.2. The van der Waals surface area contributed by atoms with Crippen LogP contribution in [-0.2, 0) is 28.5 Å². The molecule has 0 aromatic carbocycles. The van der Waals surface area contributed by atoms with E-state index in [0.29, 0.717) is 40.1 Å². The Kier molecular flexibility index (Phi) is 23.6. The largest absolute Gasteiger partial charge is 0.394 e. The first-order chi connectivity index (χ1) is 44.3. The van der Waals surface area contributed by atoms with Gasteiger partial charge in [0.15, 0.2) is 23.8 Å². The number of amides is 1. The van der Waals surface area contributed by atoms with Crippen molar-refractivity contribution in [3.05, 3.63) is 85.9 Å². The van der Waals surface area contributed by atoms with Crippen LogP contribution < -0.4 is 44.9 Å². The first-order valence-electron chi connectivity index (χ1n) is 28.1. The van der Waals surface area contributed by atoms with Gasteiger partial charge in [-0.1, -0.05) is 6.92 Å². The van der Waals surface area contributed by atoms with Gasteiger partial charge in [-0.2, -0.15) is 33.7 Å². The lowest BCUT2D eigenvalue weighted by Crippen LogP contribution is -2.41. The summed E-state index contributed by atoms with van der Waals surface area (Å²) >= 11 is 5.77. The molecule has 0 spiro atoms. The molecule has 6 aliphatic heterocycles. The lowest BCUT2D eigenvalue weighted by molar-refractivity contribution is -0.140. The topological polar surface area (TPSA) is 599 Å². The zero-order valence-electron chi connectivity index (χ0n) is 48.7. The molecule has 12 heterocycles. The molecule has 43 heteroatoms. The number of aromatic nitrogens is 13. The van der Waals surface area contributed by atoms with Gasteiger partial charge in [0, 0.05) is 38.1 Å². The third-order valence-corrected chi connectivity index (χ3v) is 15.0. The number of ether oxygens (including phenoxy) is 5. The van der Waals surface area contributed by atoms with Crippen LogP contribution in [0.3, 0.4) is 0 Å². The van der Waals surface area contributed by atoms with Crippen molar-refractivity contribution in [2.24, 2.45) is 4.99 Å². The Morgan fingerprint density at radius 2 is 1.20 bits per heavy atom. The fourth-order valence-electron chi connectivity index (χ4n) is 9.90. The molecule has 6 aromatic heterocycles. The number of rotatable bonds is 12. The average Bonchev–Trinajstić information content (AvgIpc) is 1.67. The Hall–Kier alpha value is -7.86. The summed E-state index contributed by atoms with van der Waals surface area (Å²) in [6.45, 7) is -0.136. The highest BCUT2D eigenvalue weighted by Crippen LogP contribution is 2.42. The standard InChI is InChI=1S/C12H17N3O6.C11H16N4O4.C10H12ClN5O3.C9H11F2N3O4.C8H12N4O4/c1-2-8(17)13-7-3-4-15(12(20)14-7)11-10(19)9(18)6(5-16)21-11;16-3-8-6(17)1-9(19-8)15-5-14-10-7(18)2-12-4-13-11(10)15;11-10-14-8(12)7-9(15-10)16(3-13-7)6-1-4(18)5(2-17)19-6;10-9(11)6(16)4(3-15)18-7(9)14-2-1-5(12)13-8(14)17;9-7-10-3-12(8(15)11-7)6-1-4(14)5(2-13)16-6/h3-4,6,9-11,16,18-19H,2,5H2,1H3,(H,13,14,17,20);4-9,16-18H,1-3H2,(H,12,13);3-6,17-18H,1-2H2,(H2,12,14,15);1-2,4,6-7,15-16H,3H2,(H2,12,13,17);3-6,13-14H,1-2H2,(H2,9,11,15)/t6-,9-,10+,11-;6-,7+,8+,9+;4-,5+,6+;;4-,5+,6+/m100.0/s1. The fourth-order valence-corrected chi connectivity index (χ4v) is 10.1. The summed E-state index contributed by atoms with van der Waals surface area (Å²) < 4.78 is 59.8. The zero-order valence-corrected chi connectivity index (χ0v) is 49.4. The molecule has 12 rings (SSSR count). The Morgan fingerprint density at radius 1 is 0.656 bits per heavy atom. The van der Waals surface area contributed by atoms with Crippen LogP contribution in [0, 0.1) is 0 Å². The maximum atomic E-state index is 13.7. The van der Waals surface area contributed by atoms with Gasteiger partial charge in [-0.15, -0.1) is 0 Å². The maximum absolute atomic E-state index is 13.7. The maximum Gasteiger partial charge on any atom is 0.354 e. The van der Waals surface area contributed by atoms with Crippen LogP contribution >= 0.6 is 11.6 Å². The predicted molar refractivity (Wildman–Crippen MR) is 310 cm³/mol. The highest BCUT2D eigenvalue weighted by Gasteiger charge is 2.59. The van der Waals surface area contributed by atoms with Crippen LogP contribution in [0.4, 0.5) is 38.0 Å². The molecule has 0 bridgehead atoms. The number of nitrogens with one attached hydrogen (secondary N) is 2. The average molecular weight is 1340 g/mol. The highest BCUT2D eigenvalue weighted by atomic mass is 35.5. The lowest BCUT2D eigenvalue weighted by Gasteiger charge is -2.20. The van der Waals surface area contributed by atoms with E-state index in [2.05, 4.69) is 55.5 Å². The number of aliphatic hydroxyl groups is 12.